The van der Waals surface area contributed by atoms with E-state index >= 15 is 0 Å². The number of para-hydroxylation sites is 1. The van der Waals surface area contributed by atoms with E-state index in [1.807, 2.05) is 0 Å². The second-order valence-electron chi connectivity index (χ2n) is 8.57. The fraction of sp³-hybridized carbons (Fsp3) is 0.107. The number of alkyl halides is 3. The Morgan fingerprint density at radius 3 is 2.22 bits per heavy atom. The van der Waals surface area contributed by atoms with Crippen molar-refractivity contribution in [3.8, 4) is 5.69 Å². The molecule has 1 N–H and O–H groups in total. The van der Waals surface area contributed by atoms with Crippen LogP contribution in [0.2, 0.25) is 0 Å². The second-order valence-corrected chi connectivity index (χ2v) is 9.48. The number of benzene rings is 4. The number of nitrogens with zero attached hydrogens (tertiary/aromatic N) is 3. The highest BCUT2D eigenvalue weighted by atomic mass is 79.9. The summed E-state index contributed by atoms with van der Waals surface area (Å²) < 4.78 is 59.4. The van der Waals surface area contributed by atoms with E-state index in [-0.39, 0.29) is 5.56 Å². The van der Waals surface area contributed by atoms with E-state index in [2.05, 4.69) is 21.0 Å². The van der Waals surface area contributed by atoms with Crippen LogP contribution < -0.4 is 4.90 Å². The standard InChI is InChI=1S/C28H20BrF4N3O/c29-21-5-4-8-25(16-21)35(23-6-2-1-3-7-23)18-27(37,28(31,32)33)20-9-14-26-19(15-20)17-34-36(26)24-12-10-22(30)11-13-24/h1-17,37H,18H2. The van der Waals surface area contributed by atoms with Crippen LogP contribution in [0.25, 0.3) is 16.6 Å². The first-order valence-corrected chi connectivity index (χ1v) is 12.1. The molecule has 1 aromatic heterocycles. The van der Waals surface area contributed by atoms with Gasteiger partial charge in [0, 0.05) is 21.2 Å². The smallest absolute Gasteiger partial charge is 0.375 e. The van der Waals surface area contributed by atoms with Gasteiger partial charge in [-0.05, 0) is 72.3 Å². The van der Waals surface area contributed by atoms with Crippen molar-refractivity contribution >= 4 is 38.2 Å². The Labute approximate surface area is 218 Å². The highest BCUT2D eigenvalue weighted by Gasteiger charge is 2.56. The van der Waals surface area contributed by atoms with E-state index in [1.165, 1.54) is 58.2 Å². The Hall–Kier alpha value is -3.69. The van der Waals surface area contributed by atoms with Crippen LogP contribution in [0.15, 0.2) is 108 Å². The van der Waals surface area contributed by atoms with Crippen molar-refractivity contribution in [2.75, 3.05) is 11.4 Å². The number of aromatic nitrogens is 2. The van der Waals surface area contributed by atoms with E-state index in [0.717, 1.165) is 0 Å². The van der Waals surface area contributed by atoms with Gasteiger partial charge in [-0.2, -0.15) is 18.3 Å². The first-order chi connectivity index (χ1) is 17.7. The minimum absolute atomic E-state index is 0.318. The molecule has 0 saturated carbocycles. The predicted octanol–water partition coefficient (Wildman–Crippen LogP) is 7.52. The topological polar surface area (TPSA) is 41.3 Å². The molecule has 0 amide bonds. The van der Waals surface area contributed by atoms with Crippen LogP contribution in [-0.2, 0) is 5.60 Å². The minimum atomic E-state index is -4.99. The summed E-state index contributed by atoms with van der Waals surface area (Å²) in [6.07, 6.45) is -3.57. The molecule has 37 heavy (non-hydrogen) atoms. The quantitative estimate of drug-likeness (QED) is 0.215. The number of hydrogen-bond donors (Lipinski definition) is 1. The van der Waals surface area contributed by atoms with Crippen LogP contribution in [0.3, 0.4) is 0 Å². The molecule has 0 bridgehead atoms. The number of hydrogen-bond acceptors (Lipinski definition) is 3. The molecule has 0 radical (unpaired) electrons. The number of rotatable bonds is 6. The molecule has 4 aromatic carbocycles. The third kappa shape index (κ3) is 4.84. The molecule has 0 aliphatic carbocycles. The third-order valence-electron chi connectivity index (χ3n) is 6.16. The average molecular weight is 570 g/mol. The summed E-state index contributed by atoms with van der Waals surface area (Å²) in [5.41, 5.74) is -1.48. The summed E-state index contributed by atoms with van der Waals surface area (Å²) in [7, 11) is 0. The van der Waals surface area contributed by atoms with Crippen molar-refractivity contribution in [2.24, 2.45) is 0 Å². The highest BCUT2D eigenvalue weighted by Crippen LogP contribution is 2.43. The van der Waals surface area contributed by atoms with Crippen LogP contribution in [0.1, 0.15) is 5.56 Å². The van der Waals surface area contributed by atoms with Crippen molar-refractivity contribution in [3.63, 3.8) is 0 Å². The van der Waals surface area contributed by atoms with Crippen molar-refractivity contribution < 1.29 is 22.7 Å². The van der Waals surface area contributed by atoms with Gasteiger partial charge >= 0.3 is 6.18 Å². The molecule has 0 aliphatic rings. The Morgan fingerprint density at radius 1 is 0.838 bits per heavy atom. The summed E-state index contributed by atoms with van der Waals surface area (Å²) in [5.74, 6) is -0.411. The van der Waals surface area contributed by atoms with Crippen LogP contribution >= 0.6 is 15.9 Å². The fourth-order valence-electron chi connectivity index (χ4n) is 4.24. The van der Waals surface area contributed by atoms with Gasteiger partial charge in [0.25, 0.3) is 0 Å². The van der Waals surface area contributed by atoms with Gasteiger partial charge in [0.1, 0.15) is 5.82 Å². The van der Waals surface area contributed by atoms with Crippen molar-refractivity contribution in [2.45, 2.75) is 11.8 Å². The molecule has 0 aliphatic heterocycles. The van der Waals surface area contributed by atoms with E-state index < -0.39 is 24.1 Å². The van der Waals surface area contributed by atoms with Crippen molar-refractivity contribution in [3.05, 3.63) is 119 Å². The molecular formula is C28H20BrF4N3O. The maximum Gasteiger partial charge on any atom is 0.423 e. The predicted molar refractivity (Wildman–Crippen MR) is 139 cm³/mol. The molecule has 4 nitrogen and oxygen atoms in total. The number of anilines is 2. The van der Waals surface area contributed by atoms with Gasteiger partial charge in [-0.3, -0.25) is 0 Å². The molecule has 5 aromatic rings. The number of halogens is 5. The molecule has 188 valence electrons. The zero-order valence-electron chi connectivity index (χ0n) is 19.2. The summed E-state index contributed by atoms with van der Waals surface area (Å²) in [6.45, 7) is -0.783. The van der Waals surface area contributed by atoms with E-state index in [0.29, 0.717) is 32.4 Å². The van der Waals surface area contributed by atoms with Gasteiger partial charge in [-0.25, -0.2) is 9.07 Å². The maximum absolute atomic E-state index is 14.6. The van der Waals surface area contributed by atoms with Gasteiger partial charge in [0.05, 0.1) is 23.9 Å². The van der Waals surface area contributed by atoms with E-state index in [9.17, 15) is 22.7 Å². The molecule has 0 spiro atoms. The summed E-state index contributed by atoms with van der Waals surface area (Å²) in [4.78, 5) is 1.43. The Bertz CT molecular complexity index is 1540. The Morgan fingerprint density at radius 2 is 1.54 bits per heavy atom. The fourth-order valence-corrected chi connectivity index (χ4v) is 4.62. The third-order valence-corrected chi connectivity index (χ3v) is 6.65. The lowest BCUT2D eigenvalue weighted by atomic mass is 9.91. The maximum atomic E-state index is 14.6. The molecule has 1 unspecified atom stereocenters. The molecule has 0 saturated heterocycles. The van der Waals surface area contributed by atoms with Crippen molar-refractivity contribution in [1.82, 2.24) is 9.78 Å². The average Bonchev–Trinajstić information content (AvgIpc) is 3.31. The lowest BCUT2D eigenvalue weighted by Crippen LogP contribution is -2.50. The van der Waals surface area contributed by atoms with Gasteiger partial charge in [-0.1, -0.05) is 46.3 Å². The highest BCUT2D eigenvalue weighted by molar-refractivity contribution is 9.10. The van der Waals surface area contributed by atoms with Gasteiger partial charge < -0.3 is 10.0 Å². The van der Waals surface area contributed by atoms with E-state index in [4.69, 9.17) is 0 Å². The molecule has 0 fully saturated rings. The van der Waals surface area contributed by atoms with Gasteiger partial charge in [-0.15, -0.1) is 0 Å². The number of fused-ring (bicyclic) bond motifs is 1. The molecule has 1 heterocycles. The van der Waals surface area contributed by atoms with Crippen LogP contribution in [-0.4, -0.2) is 27.6 Å². The first-order valence-electron chi connectivity index (χ1n) is 11.3. The van der Waals surface area contributed by atoms with Crippen LogP contribution in [0.4, 0.5) is 28.9 Å². The van der Waals surface area contributed by atoms with Gasteiger partial charge in [0.2, 0.25) is 5.60 Å². The number of aliphatic hydroxyl groups is 1. The largest absolute Gasteiger partial charge is 0.423 e. The molecule has 1 atom stereocenters. The van der Waals surface area contributed by atoms with Crippen LogP contribution in [0, 0.1) is 5.82 Å². The van der Waals surface area contributed by atoms with E-state index in [1.54, 1.807) is 54.6 Å². The lowest BCUT2D eigenvalue weighted by molar-refractivity contribution is -0.261. The SMILES string of the molecule is OC(CN(c1ccccc1)c1cccc(Br)c1)(c1ccc2c(cnn2-c2ccc(F)cc2)c1)C(F)(F)F. The Kier molecular flexibility index (Phi) is 6.51. The minimum Gasteiger partial charge on any atom is -0.375 e. The monoisotopic (exact) mass is 569 g/mol. The second kappa shape index (κ2) is 9.64. The summed E-state index contributed by atoms with van der Waals surface area (Å²) in [6, 6.07) is 25.1. The van der Waals surface area contributed by atoms with Crippen LogP contribution in [0.5, 0.6) is 0 Å². The van der Waals surface area contributed by atoms with Crippen molar-refractivity contribution in [1.29, 1.82) is 0 Å². The van der Waals surface area contributed by atoms with Gasteiger partial charge in [0.15, 0.2) is 0 Å². The summed E-state index contributed by atoms with van der Waals surface area (Å²) in [5, 5.41) is 16.0. The molecular weight excluding hydrogens is 550 g/mol. The first kappa shape index (κ1) is 25.0. The summed E-state index contributed by atoms with van der Waals surface area (Å²) >= 11 is 3.38. The molecule has 5 rings (SSSR count). The lowest BCUT2D eigenvalue weighted by Gasteiger charge is -2.37. The zero-order valence-corrected chi connectivity index (χ0v) is 20.8. The molecule has 9 heteroatoms. The Balaban J connectivity index is 1.60. The zero-order chi connectivity index (χ0) is 26.2. The normalized spacial score (nSPS) is 13.5.